The summed E-state index contributed by atoms with van der Waals surface area (Å²) >= 11 is 0. The average molecular weight is 393 g/mol. The Morgan fingerprint density at radius 1 is 1.04 bits per heavy atom. The lowest BCUT2D eigenvalue weighted by atomic mass is 10.0. The number of amides is 1. The SMILES string of the molecule is CC(NC(=O)c1nc(S(C)(=O)=O)n2ccccc12)c1ccc2ccccc2c1. The largest absolute Gasteiger partial charge is 0.344 e. The van der Waals surface area contributed by atoms with E-state index in [0.717, 1.165) is 22.6 Å². The predicted molar refractivity (Wildman–Crippen MR) is 108 cm³/mol. The standard InChI is InChI=1S/C21H19N3O3S/c1-14(16-11-10-15-7-3-4-8-17(15)13-16)22-20(25)19-18-9-5-6-12-24(18)21(23-19)28(2,26)27/h3-14H,1-2H3,(H,22,25). The fourth-order valence-corrected chi connectivity index (χ4v) is 4.04. The predicted octanol–water partition coefficient (Wildman–Crippen LogP) is 3.38. The van der Waals surface area contributed by atoms with Gasteiger partial charge in [-0.25, -0.2) is 13.4 Å². The molecule has 142 valence electrons. The summed E-state index contributed by atoms with van der Waals surface area (Å²) in [6.45, 7) is 1.89. The van der Waals surface area contributed by atoms with Crippen molar-refractivity contribution >= 4 is 32.0 Å². The highest BCUT2D eigenvalue weighted by molar-refractivity contribution is 7.90. The van der Waals surface area contributed by atoms with E-state index in [2.05, 4.69) is 10.3 Å². The zero-order chi connectivity index (χ0) is 19.9. The van der Waals surface area contributed by atoms with Gasteiger partial charge in [-0.1, -0.05) is 42.5 Å². The second kappa shape index (κ2) is 6.76. The first-order chi connectivity index (χ1) is 13.3. The van der Waals surface area contributed by atoms with Crippen LogP contribution in [-0.2, 0) is 9.84 Å². The number of nitrogens with one attached hydrogen (secondary N) is 1. The van der Waals surface area contributed by atoms with E-state index in [1.54, 1.807) is 24.4 Å². The number of hydrogen-bond acceptors (Lipinski definition) is 4. The van der Waals surface area contributed by atoms with Crippen molar-refractivity contribution in [2.75, 3.05) is 6.26 Å². The number of carbonyl (C=O) groups excluding carboxylic acids is 1. The Hall–Kier alpha value is -3.19. The minimum absolute atomic E-state index is 0.0914. The van der Waals surface area contributed by atoms with Crippen molar-refractivity contribution in [3.63, 3.8) is 0 Å². The van der Waals surface area contributed by atoms with Crippen molar-refractivity contribution in [1.29, 1.82) is 0 Å². The molecule has 0 spiro atoms. The zero-order valence-corrected chi connectivity index (χ0v) is 16.3. The quantitative estimate of drug-likeness (QED) is 0.576. The van der Waals surface area contributed by atoms with Crippen LogP contribution in [0, 0.1) is 0 Å². The van der Waals surface area contributed by atoms with Crippen LogP contribution in [0.4, 0.5) is 0 Å². The third kappa shape index (κ3) is 3.25. The summed E-state index contributed by atoms with van der Waals surface area (Å²) in [5.41, 5.74) is 1.50. The molecule has 2 aromatic heterocycles. The van der Waals surface area contributed by atoms with Crippen molar-refractivity contribution in [2.45, 2.75) is 18.1 Å². The van der Waals surface area contributed by atoms with Gasteiger partial charge in [-0.15, -0.1) is 0 Å². The van der Waals surface area contributed by atoms with Crippen LogP contribution in [0.15, 0.2) is 72.0 Å². The van der Waals surface area contributed by atoms with Gasteiger partial charge in [-0.2, -0.15) is 0 Å². The van der Waals surface area contributed by atoms with E-state index in [-0.39, 0.29) is 16.9 Å². The van der Waals surface area contributed by atoms with Crippen molar-refractivity contribution in [2.24, 2.45) is 0 Å². The molecule has 0 aliphatic carbocycles. The lowest BCUT2D eigenvalue weighted by molar-refractivity contribution is 0.0936. The molecule has 0 aliphatic heterocycles. The average Bonchev–Trinajstić information content (AvgIpc) is 3.08. The molecule has 1 unspecified atom stereocenters. The van der Waals surface area contributed by atoms with Crippen LogP contribution < -0.4 is 5.32 Å². The molecule has 0 bridgehead atoms. The number of aromatic nitrogens is 2. The Bertz CT molecular complexity index is 1310. The number of carbonyl (C=O) groups is 1. The molecular formula is C21H19N3O3S. The van der Waals surface area contributed by atoms with Gasteiger partial charge in [0.15, 0.2) is 5.69 Å². The first kappa shape index (κ1) is 18.2. The lowest BCUT2D eigenvalue weighted by Crippen LogP contribution is -2.27. The maximum Gasteiger partial charge on any atom is 0.272 e. The smallest absolute Gasteiger partial charge is 0.272 e. The highest BCUT2D eigenvalue weighted by atomic mass is 32.2. The Labute approximate surface area is 162 Å². The zero-order valence-electron chi connectivity index (χ0n) is 15.5. The molecule has 2 heterocycles. The number of pyridine rings is 1. The molecule has 1 N–H and O–H groups in total. The maximum atomic E-state index is 12.9. The van der Waals surface area contributed by atoms with Crippen LogP contribution in [0.5, 0.6) is 0 Å². The minimum Gasteiger partial charge on any atom is -0.344 e. The van der Waals surface area contributed by atoms with E-state index < -0.39 is 15.7 Å². The van der Waals surface area contributed by atoms with Gasteiger partial charge in [-0.05, 0) is 41.5 Å². The third-order valence-corrected chi connectivity index (χ3v) is 5.64. The molecule has 7 heteroatoms. The van der Waals surface area contributed by atoms with Crippen LogP contribution in [0.2, 0.25) is 0 Å². The van der Waals surface area contributed by atoms with Gasteiger partial charge in [-0.3, -0.25) is 9.20 Å². The second-order valence-corrected chi connectivity index (χ2v) is 8.68. The van der Waals surface area contributed by atoms with Gasteiger partial charge in [0, 0.05) is 12.5 Å². The summed E-state index contributed by atoms with van der Waals surface area (Å²) in [6, 6.07) is 18.9. The van der Waals surface area contributed by atoms with Gasteiger partial charge >= 0.3 is 0 Å². The molecular weight excluding hydrogens is 374 g/mol. The number of benzene rings is 2. The first-order valence-electron chi connectivity index (χ1n) is 8.81. The molecule has 2 aromatic carbocycles. The number of sulfone groups is 1. The number of imidazole rings is 1. The minimum atomic E-state index is -3.58. The molecule has 6 nitrogen and oxygen atoms in total. The Kier molecular flexibility index (Phi) is 4.39. The van der Waals surface area contributed by atoms with Gasteiger partial charge in [0.05, 0.1) is 11.6 Å². The summed E-state index contributed by atoms with van der Waals surface area (Å²) in [5.74, 6) is -0.417. The summed E-state index contributed by atoms with van der Waals surface area (Å²) in [7, 11) is -3.58. The first-order valence-corrected chi connectivity index (χ1v) is 10.7. The fraction of sp³-hybridized carbons (Fsp3) is 0.143. The third-order valence-electron chi connectivity index (χ3n) is 4.68. The fourth-order valence-electron chi connectivity index (χ4n) is 3.26. The molecule has 0 radical (unpaired) electrons. The van der Waals surface area contributed by atoms with Crippen molar-refractivity contribution < 1.29 is 13.2 Å². The summed E-state index contributed by atoms with van der Waals surface area (Å²) in [4.78, 5) is 17.0. The molecule has 0 aliphatic rings. The van der Waals surface area contributed by atoms with Gasteiger partial charge in [0.2, 0.25) is 15.0 Å². The highest BCUT2D eigenvalue weighted by Gasteiger charge is 2.23. The molecule has 0 saturated carbocycles. The van der Waals surface area contributed by atoms with Crippen molar-refractivity contribution in [3.05, 3.63) is 78.1 Å². The Morgan fingerprint density at radius 2 is 1.75 bits per heavy atom. The summed E-state index contributed by atoms with van der Waals surface area (Å²) in [6.07, 6.45) is 2.66. The number of hydrogen-bond donors (Lipinski definition) is 1. The maximum absolute atomic E-state index is 12.9. The van der Waals surface area contributed by atoms with Gasteiger partial charge < -0.3 is 5.32 Å². The van der Waals surface area contributed by atoms with Crippen molar-refractivity contribution in [1.82, 2.24) is 14.7 Å². The van der Waals surface area contributed by atoms with Gasteiger partial charge in [0.25, 0.3) is 5.91 Å². The van der Waals surface area contributed by atoms with Crippen LogP contribution in [-0.4, -0.2) is 30.0 Å². The second-order valence-electron chi connectivity index (χ2n) is 6.77. The van der Waals surface area contributed by atoms with Crippen LogP contribution in [0.3, 0.4) is 0 Å². The molecule has 4 rings (SSSR count). The van der Waals surface area contributed by atoms with Crippen LogP contribution in [0.25, 0.3) is 16.3 Å². The van der Waals surface area contributed by atoms with E-state index in [4.69, 9.17) is 0 Å². The van der Waals surface area contributed by atoms with E-state index in [0.29, 0.717) is 5.52 Å². The normalized spacial score (nSPS) is 12.9. The van der Waals surface area contributed by atoms with E-state index >= 15 is 0 Å². The lowest BCUT2D eigenvalue weighted by Gasteiger charge is -2.14. The summed E-state index contributed by atoms with van der Waals surface area (Å²) < 4.78 is 25.5. The molecule has 0 saturated heterocycles. The Balaban J connectivity index is 1.68. The molecule has 1 atom stereocenters. The van der Waals surface area contributed by atoms with Crippen LogP contribution >= 0.6 is 0 Å². The molecule has 1 amide bonds. The topological polar surface area (TPSA) is 80.5 Å². The van der Waals surface area contributed by atoms with E-state index in [1.165, 1.54) is 4.40 Å². The van der Waals surface area contributed by atoms with Crippen LogP contribution in [0.1, 0.15) is 29.0 Å². The summed E-state index contributed by atoms with van der Waals surface area (Å²) in [5, 5.41) is 5.00. The molecule has 28 heavy (non-hydrogen) atoms. The number of nitrogens with zero attached hydrogens (tertiary/aromatic N) is 2. The Morgan fingerprint density at radius 3 is 2.50 bits per heavy atom. The van der Waals surface area contributed by atoms with E-state index in [1.807, 2.05) is 49.4 Å². The molecule has 4 aromatic rings. The molecule has 0 fully saturated rings. The monoisotopic (exact) mass is 393 g/mol. The number of fused-ring (bicyclic) bond motifs is 2. The number of rotatable bonds is 4. The van der Waals surface area contributed by atoms with Gasteiger partial charge in [0.1, 0.15) is 0 Å². The van der Waals surface area contributed by atoms with E-state index in [9.17, 15) is 13.2 Å². The highest BCUT2D eigenvalue weighted by Crippen LogP contribution is 2.22. The van der Waals surface area contributed by atoms with Crippen molar-refractivity contribution in [3.8, 4) is 0 Å².